The summed E-state index contributed by atoms with van der Waals surface area (Å²) < 4.78 is 5.42. The molecule has 0 aromatic carbocycles. The molecule has 2 nitrogen and oxygen atoms in total. The quantitative estimate of drug-likeness (QED) is 0.684. The second-order valence-corrected chi connectivity index (χ2v) is 4.75. The first kappa shape index (κ1) is 12.9. The van der Waals surface area contributed by atoms with Gasteiger partial charge in [0, 0.05) is 18.4 Å². The zero-order valence-electron chi connectivity index (χ0n) is 9.33. The Morgan fingerprint density at radius 1 is 1.60 bits per heavy atom. The molecule has 4 heteroatoms. The van der Waals surface area contributed by atoms with Crippen molar-refractivity contribution in [2.24, 2.45) is 0 Å². The summed E-state index contributed by atoms with van der Waals surface area (Å²) in [5, 5.41) is 3.22. The first-order chi connectivity index (χ1) is 7.31. The molecule has 1 rings (SSSR count). The van der Waals surface area contributed by atoms with E-state index in [0.29, 0.717) is 5.88 Å². The zero-order chi connectivity index (χ0) is 11.1. The van der Waals surface area contributed by atoms with Crippen LogP contribution in [0.15, 0.2) is 5.38 Å². The van der Waals surface area contributed by atoms with Gasteiger partial charge in [-0.1, -0.05) is 13.3 Å². The molecule has 15 heavy (non-hydrogen) atoms. The lowest BCUT2D eigenvalue weighted by atomic mass is 10.2. The highest BCUT2D eigenvalue weighted by atomic mass is 35.5. The molecule has 0 aliphatic carbocycles. The van der Waals surface area contributed by atoms with Gasteiger partial charge in [-0.2, -0.15) is 0 Å². The Bertz CT molecular complexity index is 277. The van der Waals surface area contributed by atoms with Crippen LogP contribution in [0.25, 0.3) is 0 Å². The van der Waals surface area contributed by atoms with Crippen molar-refractivity contribution < 1.29 is 4.74 Å². The second-order valence-electron chi connectivity index (χ2n) is 3.48. The van der Waals surface area contributed by atoms with Crippen LogP contribution in [-0.4, -0.2) is 18.0 Å². The summed E-state index contributed by atoms with van der Waals surface area (Å²) >= 11 is 7.34. The van der Waals surface area contributed by atoms with Crippen LogP contribution >= 0.6 is 22.9 Å². The maximum atomic E-state index is 5.65. The third-order valence-corrected chi connectivity index (χ3v) is 3.50. The number of nitrogens with zero attached hydrogens (tertiary/aromatic N) is 1. The fraction of sp³-hybridized carbons (Fsp3) is 0.727. The number of methoxy groups -OCH3 is 1. The van der Waals surface area contributed by atoms with Crippen LogP contribution in [0.3, 0.4) is 0 Å². The highest BCUT2D eigenvalue weighted by Crippen LogP contribution is 2.25. The first-order valence-corrected chi connectivity index (χ1v) is 6.76. The summed E-state index contributed by atoms with van der Waals surface area (Å²) in [5.41, 5.74) is 1.15. The number of rotatable bonds is 7. The topological polar surface area (TPSA) is 22.1 Å². The largest absolute Gasteiger partial charge is 0.374 e. The molecule has 1 heterocycles. The molecule has 0 aliphatic rings. The van der Waals surface area contributed by atoms with E-state index >= 15 is 0 Å². The van der Waals surface area contributed by atoms with Crippen LogP contribution in [0, 0.1) is 0 Å². The van der Waals surface area contributed by atoms with E-state index in [1.807, 2.05) is 0 Å². The van der Waals surface area contributed by atoms with E-state index in [2.05, 4.69) is 17.3 Å². The van der Waals surface area contributed by atoms with Crippen molar-refractivity contribution in [3.05, 3.63) is 16.1 Å². The molecule has 0 N–H and O–H groups in total. The van der Waals surface area contributed by atoms with Crippen LogP contribution < -0.4 is 0 Å². The Labute approximate surface area is 101 Å². The van der Waals surface area contributed by atoms with Crippen molar-refractivity contribution in [3.63, 3.8) is 0 Å². The number of alkyl halides is 1. The smallest absolute Gasteiger partial charge is 0.122 e. The third-order valence-electron chi connectivity index (χ3n) is 2.25. The molecule has 0 fully saturated rings. The van der Waals surface area contributed by atoms with Gasteiger partial charge in [-0.25, -0.2) is 4.98 Å². The van der Waals surface area contributed by atoms with Gasteiger partial charge >= 0.3 is 0 Å². The lowest BCUT2D eigenvalue weighted by molar-refractivity contribution is 0.0946. The summed E-state index contributed by atoms with van der Waals surface area (Å²) in [6.07, 6.45) is 4.30. The van der Waals surface area contributed by atoms with Crippen molar-refractivity contribution in [3.8, 4) is 0 Å². The standard InChI is InChI=1S/C11H18ClNOS/c1-3-5-10(14-2)11-13-9(8-15-11)6-4-7-12/h8,10H,3-7H2,1-2H3. The Hall–Kier alpha value is -0.120. The Kier molecular flexibility index (Phi) is 6.22. The van der Waals surface area contributed by atoms with Crippen LogP contribution in [0.5, 0.6) is 0 Å². The van der Waals surface area contributed by atoms with Crippen molar-refractivity contribution in [1.29, 1.82) is 0 Å². The molecule has 0 saturated heterocycles. The van der Waals surface area contributed by atoms with Gasteiger partial charge in [0.05, 0.1) is 5.69 Å². The van der Waals surface area contributed by atoms with E-state index < -0.39 is 0 Å². The second kappa shape index (κ2) is 7.20. The van der Waals surface area contributed by atoms with Crippen molar-refractivity contribution >= 4 is 22.9 Å². The molecule has 1 unspecified atom stereocenters. The highest BCUT2D eigenvalue weighted by molar-refractivity contribution is 7.09. The summed E-state index contributed by atoms with van der Waals surface area (Å²) in [5.74, 6) is 0.704. The molecule has 0 amide bonds. The minimum absolute atomic E-state index is 0.171. The summed E-state index contributed by atoms with van der Waals surface area (Å²) in [4.78, 5) is 4.57. The van der Waals surface area contributed by atoms with Gasteiger partial charge in [0.15, 0.2) is 0 Å². The molecule has 86 valence electrons. The van der Waals surface area contributed by atoms with Gasteiger partial charge in [0.1, 0.15) is 11.1 Å². The van der Waals surface area contributed by atoms with Gasteiger partial charge in [-0.15, -0.1) is 22.9 Å². The van der Waals surface area contributed by atoms with Gasteiger partial charge in [-0.05, 0) is 19.3 Å². The zero-order valence-corrected chi connectivity index (χ0v) is 10.9. The molecule has 0 saturated carbocycles. The predicted molar refractivity (Wildman–Crippen MR) is 65.8 cm³/mol. The SMILES string of the molecule is CCCC(OC)c1nc(CCCCl)cs1. The minimum Gasteiger partial charge on any atom is -0.374 e. The monoisotopic (exact) mass is 247 g/mol. The third kappa shape index (κ3) is 4.09. The summed E-state index contributed by atoms with van der Waals surface area (Å²) in [6.45, 7) is 2.16. The molecule has 1 aromatic rings. The lowest BCUT2D eigenvalue weighted by Crippen LogP contribution is -2.00. The average Bonchev–Trinajstić information content (AvgIpc) is 2.71. The van der Waals surface area contributed by atoms with E-state index in [0.717, 1.165) is 36.4 Å². The maximum Gasteiger partial charge on any atom is 0.122 e. The number of ether oxygens (including phenoxy) is 1. The van der Waals surface area contributed by atoms with E-state index in [1.165, 1.54) is 0 Å². The minimum atomic E-state index is 0.171. The van der Waals surface area contributed by atoms with Crippen molar-refractivity contribution in [1.82, 2.24) is 4.98 Å². The van der Waals surface area contributed by atoms with Crippen LogP contribution in [0.1, 0.15) is 43.0 Å². The first-order valence-electron chi connectivity index (χ1n) is 5.34. The Morgan fingerprint density at radius 2 is 2.40 bits per heavy atom. The van der Waals surface area contributed by atoms with E-state index in [1.54, 1.807) is 18.4 Å². The van der Waals surface area contributed by atoms with E-state index in [-0.39, 0.29) is 6.10 Å². The maximum absolute atomic E-state index is 5.65. The molecule has 0 aliphatic heterocycles. The summed E-state index contributed by atoms with van der Waals surface area (Å²) in [6, 6.07) is 0. The lowest BCUT2D eigenvalue weighted by Gasteiger charge is -2.10. The molecule has 0 spiro atoms. The van der Waals surface area contributed by atoms with Gasteiger partial charge in [-0.3, -0.25) is 0 Å². The summed E-state index contributed by atoms with van der Waals surface area (Å²) in [7, 11) is 1.75. The van der Waals surface area contributed by atoms with Gasteiger partial charge in [0.25, 0.3) is 0 Å². The number of thiazole rings is 1. The Morgan fingerprint density at radius 3 is 3.00 bits per heavy atom. The van der Waals surface area contributed by atoms with Crippen molar-refractivity contribution in [2.75, 3.05) is 13.0 Å². The van der Waals surface area contributed by atoms with E-state index in [4.69, 9.17) is 16.3 Å². The van der Waals surface area contributed by atoms with Crippen LogP contribution in [0.2, 0.25) is 0 Å². The average molecular weight is 248 g/mol. The highest BCUT2D eigenvalue weighted by Gasteiger charge is 2.13. The fourth-order valence-corrected chi connectivity index (χ4v) is 2.53. The molecule has 1 atom stereocenters. The fourth-order valence-electron chi connectivity index (χ4n) is 1.44. The predicted octanol–water partition coefficient (Wildman–Crippen LogP) is 3.80. The van der Waals surface area contributed by atoms with Crippen molar-refractivity contribution in [2.45, 2.75) is 38.7 Å². The van der Waals surface area contributed by atoms with Gasteiger partial charge < -0.3 is 4.74 Å². The number of hydrogen-bond acceptors (Lipinski definition) is 3. The molecule has 1 aromatic heterocycles. The number of hydrogen-bond donors (Lipinski definition) is 0. The number of aryl methyl sites for hydroxylation is 1. The molecule has 0 bridgehead atoms. The number of halogens is 1. The molecular weight excluding hydrogens is 230 g/mol. The number of aromatic nitrogens is 1. The normalized spacial score (nSPS) is 13.0. The molecule has 0 radical (unpaired) electrons. The van der Waals surface area contributed by atoms with E-state index in [9.17, 15) is 0 Å². The molecular formula is C11H18ClNOS. The van der Waals surface area contributed by atoms with Crippen LogP contribution in [0.4, 0.5) is 0 Å². The Balaban J connectivity index is 2.56. The van der Waals surface area contributed by atoms with Gasteiger partial charge in [0.2, 0.25) is 0 Å². The van der Waals surface area contributed by atoms with Crippen LogP contribution in [-0.2, 0) is 11.2 Å².